The summed E-state index contributed by atoms with van der Waals surface area (Å²) in [4.78, 5) is 11.5. The second-order valence-electron chi connectivity index (χ2n) is 7.07. The summed E-state index contributed by atoms with van der Waals surface area (Å²) in [6.45, 7) is 7.41. The molecule has 172 valence electrons. The molecule has 1 aromatic rings. The van der Waals surface area contributed by atoms with Crippen LogP contribution >= 0.6 is 0 Å². The van der Waals surface area contributed by atoms with Crippen LogP contribution in [0.25, 0.3) is 0 Å². The quantitative estimate of drug-likeness (QED) is 0.212. The van der Waals surface area contributed by atoms with Gasteiger partial charge in [0.2, 0.25) is 0 Å². The molecule has 0 aliphatic carbocycles. The Kier molecular flexibility index (Phi) is 12.7. The van der Waals surface area contributed by atoms with E-state index in [-0.39, 0.29) is 31.3 Å². The lowest BCUT2D eigenvalue weighted by Crippen LogP contribution is -2.27. The topological polar surface area (TPSA) is 107 Å². The van der Waals surface area contributed by atoms with E-state index in [9.17, 15) is 13.2 Å². The molecule has 0 amide bonds. The van der Waals surface area contributed by atoms with Gasteiger partial charge in [-0.1, -0.05) is 18.2 Å². The number of benzene rings is 1. The summed E-state index contributed by atoms with van der Waals surface area (Å²) in [5, 5.41) is 0. The third kappa shape index (κ3) is 13.6. The van der Waals surface area contributed by atoms with Gasteiger partial charge in [-0.05, 0) is 32.9 Å². The Labute approximate surface area is 178 Å². The smallest absolute Gasteiger partial charge is 0.332 e. The van der Waals surface area contributed by atoms with Crippen molar-refractivity contribution in [3.8, 4) is 0 Å². The molecule has 0 N–H and O–H groups in total. The average molecular weight is 449 g/mol. The van der Waals surface area contributed by atoms with E-state index in [2.05, 4.69) is 0 Å². The molecule has 0 unspecified atom stereocenters. The van der Waals surface area contributed by atoms with Crippen LogP contribution in [0.15, 0.2) is 35.2 Å². The van der Waals surface area contributed by atoms with E-state index in [1.807, 2.05) is 0 Å². The highest BCUT2D eigenvalue weighted by molar-refractivity contribution is 7.86. The maximum atomic E-state index is 11.9. The number of carbonyl (C=O) groups is 1. The molecule has 0 aliphatic heterocycles. The maximum absolute atomic E-state index is 11.9. The van der Waals surface area contributed by atoms with Crippen LogP contribution in [0, 0.1) is 0 Å². The molecular formula is C20H32O9S. The van der Waals surface area contributed by atoms with Crippen molar-refractivity contribution in [2.24, 2.45) is 0 Å². The van der Waals surface area contributed by atoms with Crippen LogP contribution in [0.1, 0.15) is 20.8 Å². The largest absolute Gasteiger partial charge is 0.458 e. The van der Waals surface area contributed by atoms with Crippen molar-refractivity contribution in [2.45, 2.75) is 31.3 Å². The standard InChI is InChI=1S/C20H32O9S/c1-20(2,3)29-19(21)17-27-14-13-25-10-9-24-11-12-26-15-16-28-30(22,23)18-7-5-4-6-8-18/h4-8H,9-17H2,1-3H3. The van der Waals surface area contributed by atoms with Crippen LogP contribution < -0.4 is 0 Å². The van der Waals surface area contributed by atoms with Crippen molar-refractivity contribution in [3.05, 3.63) is 30.3 Å². The van der Waals surface area contributed by atoms with Crippen LogP contribution in [-0.4, -0.2) is 79.5 Å². The summed E-state index contributed by atoms with van der Waals surface area (Å²) < 4.78 is 54.8. The van der Waals surface area contributed by atoms with Gasteiger partial charge in [0.15, 0.2) is 0 Å². The van der Waals surface area contributed by atoms with E-state index < -0.39 is 21.7 Å². The summed E-state index contributed by atoms with van der Waals surface area (Å²) in [6, 6.07) is 7.93. The van der Waals surface area contributed by atoms with Gasteiger partial charge in [0.1, 0.15) is 12.2 Å². The lowest BCUT2D eigenvalue weighted by Gasteiger charge is -2.19. The molecule has 1 aromatic carbocycles. The molecular weight excluding hydrogens is 416 g/mol. The van der Waals surface area contributed by atoms with Gasteiger partial charge >= 0.3 is 5.97 Å². The van der Waals surface area contributed by atoms with Gasteiger partial charge in [-0.2, -0.15) is 8.42 Å². The van der Waals surface area contributed by atoms with Gasteiger partial charge in [-0.15, -0.1) is 0 Å². The fraction of sp³-hybridized carbons (Fsp3) is 0.650. The molecule has 0 radical (unpaired) electrons. The van der Waals surface area contributed by atoms with Gasteiger partial charge in [-0.3, -0.25) is 4.18 Å². The number of rotatable bonds is 16. The van der Waals surface area contributed by atoms with E-state index in [0.717, 1.165) is 0 Å². The summed E-state index contributed by atoms with van der Waals surface area (Å²) in [7, 11) is -3.75. The molecule has 0 saturated heterocycles. The first-order valence-electron chi connectivity index (χ1n) is 9.68. The van der Waals surface area contributed by atoms with Crippen molar-refractivity contribution in [1.82, 2.24) is 0 Å². The van der Waals surface area contributed by atoms with Crippen molar-refractivity contribution >= 4 is 16.1 Å². The number of ether oxygens (including phenoxy) is 5. The Balaban J connectivity index is 1.87. The number of carbonyl (C=O) groups excluding carboxylic acids is 1. The summed E-state index contributed by atoms with van der Waals surface area (Å²) >= 11 is 0. The highest BCUT2D eigenvalue weighted by Crippen LogP contribution is 2.10. The first kappa shape index (κ1) is 26.5. The maximum Gasteiger partial charge on any atom is 0.332 e. The second kappa shape index (κ2) is 14.4. The van der Waals surface area contributed by atoms with Gasteiger partial charge in [0.25, 0.3) is 10.1 Å². The van der Waals surface area contributed by atoms with Crippen molar-refractivity contribution in [2.75, 3.05) is 59.5 Å². The van der Waals surface area contributed by atoms with Crippen molar-refractivity contribution < 1.29 is 41.1 Å². The summed E-state index contributed by atoms with van der Waals surface area (Å²) in [5.41, 5.74) is -0.523. The van der Waals surface area contributed by atoms with E-state index in [1.54, 1.807) is 39.0 Å². The molecule has 0 atom stereocenters. The molecule has 0 fully saturated rings. The zero-order valence-corrected chi connectivity index (χ0v) is 18.6. The highest BCUT2D eigenvalue weighted by atomic mass is 32.2. The number of esters is 1. The minimum Gasteiger partial charge on any atom is -0.458 e. The van der Waals surface area contributed by atoms with Gasteiger partial charge in [0, 0.05) is 0 Å². The van der Waals surface area contributed by atoms with Gasteiger partial charge in [0.05, 0.1) is 57.8 Å². The SMILES string of the molecule is CC(C)(C)OC(=O)COCCOCCOCCOCCOS(=O)(=O)c1ccccc1. The molecule has 0 aliphatic rings. The minimum absolute atomic E-state index is 0.0658. The predicted molar refractivity (Wildman–Crippen MR) is 109 cm³/mol. The van der Waals surface area contributed by atoms with Crippen LogP contribution in [0.3, 0.4) is 0 Å². The van der Waals surface area contributed by atoms with E-state index in [0.29, 0.717) is 33.0 Å². The molecule has 9 nitrogen and oxygen atoms in total. The number of hydrogen-bond donors (Lipinski definition) is 0. The normalized spacial score (nSPS) is 12.1. The average Bonchev–Trinajstić information content (AvgIpc) is 2.67. The fourth-order valence-electron chi connectivity index (χ4n) is 2.04. The fourth-order valence-corrected chi connectivity index (χ4v) is 2.96. The molecule has 0 saturated carbocycles. The van der Waals surface area contributed by atoms with Crippen molar-refractivity contribution in [3.63, 3.8) is 0 Å². The monoisotopic (exact) mass is 448 g/mol. The molecule has 0 heterocycles. The molecule has 30 heavy (non-hydrogen) atoms. The van der Waals surface area contributed by atoms with E-state index >= 15 is 0 Å². The Morgan fingerprint density at radius 2 is 1.23 bits per heavy atom. The highest BCUT2D eigenvalue weighted by Gasteiger charge is 2.16. The van der Waals surface area contributed by atoms with E-state index in [4.69, 9.17) is 27.9 Å². The van der Waals surface area contributed by atoms with Crippen LogP contribution in [0.2, 0.25) is 0 Å². The Morgan fingerprint density at radius 3 is 1.73 bits per heavy atom. The Morgan fingerprint density at radius 1 is 0.767 bits per heavy atom. The zero-order valence-electron chi connectivity index (χ0n) is 17.8. The van der Waals surface area contributed by atoms with Crippen LogP contribution in [0.5, 0.6) is 0 Å². The zero-order chi connectivity index (χ0) is 22.3. The minimum atomic E-state index is -3.75. The Hall–Kier alpha value is -1.56. The summed E-state index contributed by atoms with van der Waals surface area (Å²) in [5.74, 6) is -0.408. The molecule has 0 aromatic heterocycles. The second-order valence-corrected chi connectivity index (χ2v) is 8.68. The third-order valence-electron chi connectivity index (χ3n) is 3.25. The van der Waals surface area contributed by atoms with Crippen LogP contribution in [-0.2, 0) is 42.8 Å². The predicted octanol–water partition coefficient (Wildman–Crippen LogP) is 1.80. The van der Waals surface area contributed by atoms with E-state index in [1.165, 1.54) is 12.1 Å². The Bertz CT molecular complexity index is 684. The molecule has 0 spiro atoms. The summed E-state index contributed by atoms with van der Waals surface area (Å²) in [6.07, 6.45) is 0. The van der Waals surface area contributed by atoms with Crippen LogP contribution in [0.4, 0.5) is 0 Å². The third-order valence-corrected chi connectivity index (χ3v) is 4.58. The number of hydrogen-bond acceptors (Lipinski definition) is 9. The van der Waals surface area contributed by atoms with Crippen molar-refractivity contribution in [1.29, 1.82) is 0 Å². The first-order chi connectivity index (χ1) is 14.2. The lowest BCUT2D eigenvalue weighted by molar-refractivity contribution is -0.160. The molecule has 0 bridgehead atoms. The lowest BCUT2D eigenvalue weighted by atomic mass is 10.2. The molecule has 1 rings (SSSR count). The first-order valence-corrected chi connectivity index (χ1v) is 11.1. The van der Waals surface area contributed by atoms with Gasteiger partial charge in [-0.25, -0.2) is 4.79 Å². The van der Waals surface area contributed by atoms with Gasteiger partial charge < -0.3 is 23.7 Å². The molecule has 10 heteroatoms.